The van der Waals surface area contributed by atoms with Crippen LogP contribution in [0.2, 0.25) is 5.02 Å². The third-order valence-electron chi connectivity index (χ3n) is 3.92. The quantitative estimate of drug-likeness (QED) is 0.568. The van der Waals surface area contributed by atoms with Gasteiger partial charge >= 0.3 is 0 Å². The van der Waals surface area contributed by atoms with E-state index < -0.39 is 0 Å². The van der Waals surface area contributed by atoms with E-state index in [0.717, 1.165) is 16.9 Å². The third kappa shape index (κ3) is 5.08. The smallest absolute Gasteiger partial charge is 0.274 e. The predicted molar refractivity (Wildman–Crippen MR) is 112 cm³/mol. The van der Waals surface area contributed by atoms with Crippen LogP contribution in [0.3, 0.4) is 0 Å². The minimum atomic E-state index is -0.315. The van der Waals surface area contributed by atoms with E-state index in [4.69, 9.17) is 11.6 Å². The van der Waals surface area contributed by atoms with E-state index in [-0.39, 0.29) is 17.5 Å². The molecule has 142 valence electrons. The molecule has 3 N–H and O–H groups in total. The van der Waals surface area contributed by atoms with Crippen molar-refractivity contribution in [3.05, 3.63) is 77.1 Å². The number of hydrogen-bond acceptors (Lipinski definition) is 4. The Morgan fingerprint density at radius 2 is 1.71 bits per heavy atom. The Kier molecular flexibility index (Phi) is 5.91. The number of nitrogens with one attached hydrogen (secondary N) is 3. The van der Waals surface area contributed by atoms with Crippen LogP contribution in [0.15, 0.2) is 60.8 Å². The van der Waals surface area contributed by atoms with Gasteiger partial charge in [0.15, 0.2) is 0 Å². The minimum absolute atomic E-state index is 0.135. The van der Waals surface area contributed by atoms with Crippen molar-refractivity contribution in [1.82, 2.24) is 4.98 Å². The summed E-state index contributed by atoms with van der Waals surface area (Å²) in [5.41, 5.74) is 4.05. The molecule has 3 aromatic rings. The lowest BCUT2D eigenvalue weighted by atomic mass is 10.2. The lowest BCUT2D eigenvalue weighted by Gasteiger charge is -2.10. The molecule has 0 atom stereocenters. The molecule has 7 heteroatoms. The van der Waals surface area contributed by atoms with Gasteiger partial charge in [0.05, 0.1) is 11.9 Å². The Labute approximate surface area is 168 Å². The zero-order valence-corrected chi connectivity index (χ0v) is 16.2. The van der Waals surface area contributed by atoms with Gasteiger partial charge in [-0.1, -0.05) is 23.7 Å². The van der Waals surface area contributed by atoms with Gasteiger partial charge in [0.1, 0.15) is 5.69 Å². The number of carbonyl (C=O) groups is 2. The van der Waals surface area contributed by atoms with Gasteiger partial charge in [-0.2, -0.15) is 0 Å². The first-order valence-corrected chi connectivity index (χ1v) is 8.97. The molecule has 3 rings (SSSR count). The van der Waals surface area contributed by atoms with Crippen molar-refractivity contribution < 1.29 is 9.59 Å². The summed E-state index contributed by atoms with van der Waals surface area (Å²) in [7, 11) is 0. The number of anilines is 4. The van der Waals surface area contributed by atoms with Crippen molar-refractivity contribution in [3.8, 4) is 0 Å². The van der Waals surface area contributed by atoms with Gasteiger partial charge in [-0.3, -0.25) is 9.59 Å². The van der Waals surface area contributed by atoms with Gasteiger partial charge in [-0.15, -0.1) is 0 Å². The Bertz CT molecular complexity index is 1020. The number of benzene rings is 2. The van der Waals surface area contributed by atoms with Crippen LogP contribution in [0.4, 0.5) is 22.7 Å². The van der Waals surface area contributed by atoms with Crippen molar-refractivity contribution >= 4 is 46.2 Å². The molecule has 2 aromatic carbocycles. The van der Waals surface area contributed by atoms with Crippen molar-refractivity contribution in [1.29, 1.82) is 0 Å². The van der Waals surface area contributed by atoms with E-state index >= 15 is 0 Å². The summed E-state index contributed by atoms with van der Waals surface area (Å²) in [6, 6.07) is 16.0. The first-order chi connectivity index (χ1) is 13.4. The lowest BCUT2D eigenvalue weighted by Crippen LogP contribution is -2.14. The standard InChI is InChI=1S/C21H19ClN4O2/c1-13-6-7-15(22)10-20(13)26-21(28)19-9-8-18(12-23-19)25-17-5-3-4-16(11-17)24-14(2)27/h3-12,25H,1-2H3,(H,24,27)(H,26,28). The molecule has 2 amide bonds. The molecule has 0 aliphatic rings. The molecule has 0 fully saturated rings. The second-order valence-corrected chi connectivity index (χ2v) is 6.67. The van der Waals surface area contributed by atoms with Crippen LogP contribution in [0.5, 0.6) is 0 Å². The second-order valence-electron chi connectivity index (χ2n) is 6.23. The Balaban J connectivity index is 1.68. The van der Waals surface area contributed by atoms with Crippen molar-refractivity contribution in [2.24, 2.45) is 0 Å². The number of nitrogens with zero attached hydrogens (tertiary/aromatic N) is 1. The van der Waals surface area contributed by atoms with Gasteiger partial charge in [-0.25, -0.2) is 4.98 Å². The van der Waals surface area contributed by atoms with E-state index in [2.05, 4.69) is 20.9 Å². The largest absolute Gasteiger partial charge is 0.354 e. The summed E-state index contributed by atoms with van der Waals surface area (Å²) in [6.45, 7) is 3.35. The van der Waals surface area contributed by atoms with Crippen molar-refractivity contribution in [3.63, 3.8) is 0 Å². The van der Waals surface area contributed by atoms with Gasteiger partial charge in [0, 0.05) is 29.0 Å². The van der Waals surface area contributed by atoms with E-state index in [0.29, 0.717) is 16.4 Å². The van der Waals surface area contributed by atoms with Crippen LogP contribution in [-0.4, -0.2) is 16.8 Å². The molecular formula is C21H19ClN4O2. The fraction of sp³-hybridized carbons (Fsp3) is 0.0952. The number of carbonyl (C=O) groups excluding carboxylic acids is 2. The summed E-state index contributed by atoms with van der Waals surface area (Å²) >= 11 is 5.98. The maximum Gasteiger partial charge on any atom is 0.274 e. The first-order valence-electron chi connectivity index (χ1n) is 8.59. The second kappa shape index (κ2) is 8.54. The summed E-state index contributed by atoms with van der Waals surface area (Å²) in [6.07, 6.45) is 1.57. The van der Waals surface area contributed by atoms with Crippen LogP contribution < -0.4 is 16.0 Å². The zero-order valence-electron chi connectivity index (χ0n) is 15.4. The summed E-state index contributed by atoms with van der Waals surface area (Å²) in [5, 5.41) is 9.28. The number of hydrogen-bond donors (Lipinski definition) is 3. The van der Waals surface area contributed by atoms with E-state index in [1.807, 2.05) is 31.2 Å². The van der Waals surface area contributed by atoms with E-state index in [9.17, 15) is 9.59 Å². The highest BCUT2D eigenvalue weighted by Crippen LogP contribution is 2.22. The molecule has 0 spiro atoms. The van der Waals surface area contributed by atoms with Crippen LogP contribution in [0.1, 0.15) is 23.0 Å². The molecule has 0 radical (unpaired) electrons. The van der Waals surface area contributed by atoms with Gasteiger partial charge in [-0.05, 0) is 55.0 Å². The van der Waals surface area contributed by atoms with E-state index in [1.165, 1.54) is 6.92 Å². The number of pyridine rings is 1. The Hall–Kier alpha value is -3.38. The molecule has 0 saturated carbocycles. The number of amides is 2. The molecule has 0 aliphatic carbocycles. The zero-order chi connectivity index (χ0) is 20.1. The topological polar surface area (TPSA) is 83.1 Å². The summed E-state index contributed by atoms with van der Waals surface area (Å²) in [5.74, 6) is -0.450. The molecule has 0 bridgehead atoms. The monoisotopic (exact) mass is 394 g/mol. The summed E-state index contributed by atoms with van der Waals surface area (Å²) in [4.78, 5) is 27.8. The van der Waals surface area contributed by atoms with Crippen LogP contribution in [0.25, 0.3) is 0 Å². The molecule has 1 heterocycles. The average Bonchev–Trinajstić information content (AvgIpc) is 2.65. The lowest BCUT2D eigenvalue weighted by molar-refractivity contribution is -0.114. The number of rotatable bonds is 5. The SMILES string of the molecule is CC(=O)Nc1cccc(Nc2ccc(C(=O)Nc3cc(Cl)ccc3C)nc2)c1. The molecule has 0 saturated heterocycles. The molecule has 6 nitrogen and oxygen atoms in total. The number of aryl methyl sites for hydroxylation is 1. The Morgan fingerprint density at radius 1 is 0.929 bits per heavy atom. The van der Waals surface area contributed by atoms with Crippen molar-refractivity contribution in [2.45, 2.75) is 13.8 Å². The van der Waals surface area contributed by atoms with E-state index in [1.54, 1.807) is 36.5 Å². The van der Waals surface area contributed by atoms with Crippen LogP contribution in [0, 0.1) is 6.92 Å². The minimum Gasteiger partial charge on any atom is -0.354 e. The fourth-order valence-electron chi connectivity index (χ4n) is 2.56. The predicted octanol–water partition coefficient (Wildman–Crippen LogP) is 5.00. The maximum absolute atomic E-state index is 12.4. The summed E-state index contributed by atoms with van der Waals surface area (Å²) < 4.78 is 0. The van der Waals surface area contributed by atoms with Gasteiger partial charge in [0.2, 0.25) is 5.91 Å². The highest BCUT2D eigenvalue weighted by atomic mass is 35.5. The fourth-order valence-corrected chi connectivity index (χ4v) is 2.73. The average molecular weight is 395 g/mol. The molecular weight excluding hydrogens is 376 g/mol. The maximum atomic E-state index is 12.4. The number of halogens is 1. The van der Waals surface area contributed by atoms with Crippen LogP contribution in [-0.2, 0) is 4.79 Å². The first kappa shape index (κ1) is 19.4. The molecule has 0 aliphatic heterocycles. The highest BCUT2D eigenvalue weighted by molar-refractivity contribution is 6.31. The molecule has 0 unspecified atom stereocenters. The van der Waals surface area contributed by atoms with Crippen molar-refractivity contribution in [2.75, 3.05) is 16.0 Å². The van der Waals surface area contributed by atoms with Crippen LogP contribution >= 0.6 is 11.6 Å². The third-order valence-corrected chi connectivity index (χ3v) is 4.15. The van der Waals surface area contributed by atoms with Gasteiger partial charge in [0.25, 0.3) is 5.91 Å². The molecule has 28 heavy (non-hydrogen) atoms. The number of aromatic nitrogens is 1. The highest BCUT2D eigenvalue weighted by Gasteiger charge is 2.10. The molecule has 1 aromatic heterocycles. The Morgan fingerprint density at radius 3 is 2.43 bits per heavy atom. The van der Waals surface area contributed by atoms with Gasteiger partial charge < -0.3 is 16.0 Å². The normalized spacial score (nSPS) is 10.2.